The molecule has 2 aromatic rings. The smallest absolute Gasteiger partial charge is 0.136 e. The third kappa shape index (κ3) is 2.12. The first-order chi connectivity index (χ1) is 9.14. The Hall–Kier alpha value is -1.81. The molecule has 1 aromatic heterocycles. The molecule has 3 nitrogen and oxygen atoms in total. The van der Waals surface area contributed by atoms with Crippen LogP contribution in [0.1, 0.15) is 24.2 Å². The molecule has 1 aliphatic carbocycles. The summed E-state index contributed by atoms with van der Waals surface area (Å²) in [5, 5.41) is 0. The third-order valence-electron chi connectivity index (χ3n) is 3.83. The Kier molecular flexibility index (Phi) is 2.82. The summed E-state index contributed by atoms with van der Waals surface area (Å²) >= 11 is 0. The van der Waals surface area contributed by atoms with E-state index in [9.17, 15) is 4.39 Å². The lowest BCUT2D eigenvalue weighted by Gasteiger charge is -2.11. The van der Waals surface area contributed by atoms with Gasteiger partial charge < -0.3 is 5.73 Å². The number of nitrogens with zero attached hydrogens (tertiary/aromatic N) is 2. The summed E-state index contributed by atoms with van der Waals surface area (Å²) in [7, 11) is 0. The van der Waals surface area contributed by atoms with E-state index in [2.05, 4.69) is 9.97 Å². The van der Waals surface area contributed by atoms with Crippen molar-refractivity contribution in [3.63, 3.8) is 0 Å². The maximum atomic E-state index is 13.3. The van der Waals surface area contributed by atoms with Gasteiger partial charge in [0.2, 0.25) is 0 Å². The van der Waals surface area contributed by atoms with Crippen LogP contribution >= 0.6 is 0 Å². The normalized spacial score (nSPS) is 16.4. The molecule has 0 unspecified atom stereocenters. The molecule has 0 bridgehead atoms. The molecule has 0 atom stereocenters. The average Bonchev–Trinajstić information content (AvgIpc) is 3.23. The molecule has 1 aliphatic rings. The molecule has 1 saturated carbocycles. The van der Waals surface area contributed by atoms with Gasteiger partial charge in [0.15, 0.2) is 0 Å². The maximum absolute atomic E-state index is 13.3. The minimum absolute atomic E-state index is 0.0227. The number of halogens is 1. The SMILES string of the molecule is Cc1cc(-c2ccnc(C3(CN)CC3)n2)ccc1F. The average molecular weight is 257 g/mol. The van der Waals surface area contributed by atoms with Gasteiger partial charge in [0.05, 0.1) is 5.69 Å². The number of hydrogen-bond donors (Lipinski definition) is 1. The largest absolute Gasteiger partial charge is 0.329 e. The second kappa shape index (κ2) is 4.38. The maximum Gasteiger partial charge on any atom is 0.136 e. The van der Waals surface area contributed by atoms with Gasteiger partial charge in [-0.15, -0.1) is 0 Å². The first kappa shape index (κ1) is 12.2. The van der Waals surface area contributed by atoms with Crippen molar-refractivity contribution in [1.82, 2.24) is 9.97 Å². The topological polar surface area (TPSA) is 51.8 Å². The van der Waals surface area contributed by atoms with Crippen LogP contribution in [0, 0.1) is 12.7 Å². The van der Waals surface area contributed by atoms with Gasteiger partial charge in [-0.1, -0.05) is 0 Å². The first-order valence-corrected chi connectivity index (χ1v) is 6.45. The Labute approximate surface area is 111 Å². The van der Waals surface area contributed by atoms with E-state index in [0.717, 1.165) is 29.9 Å². The minimum Gasteiger partial charge on any atom is -0.329 e. The molecule has 1 heterocycles. The quantitative estimate of drug-likeness (QED) is 0.919. The van der Waals surface area contributed by atoms with Crippen molar-refractivity contribution in [2.45, 2.75) is 25.2 Å². The van der Waals surface area contributed by atoms with Crippen LogP contribution in [0.15, 0.2) is 30.5 Å². The molecule has 0 spiro atoms. The number of aryl methyl sites for hydroxylation is 1. The van der Waals surface area contributed by atoms with Crippen molar-refractivity contribution in [1.29, 1.82) is 0 Å². The van der Waals surface area contributed by atoms with E-state index < -0.39 is 0 Å². The van der Waals surface area contributed by atoms with E-state index in [1.807, 2.05) is 12.1 Å². The second-order valence-electron chi connectivity index (χ2n) is 5.21. The Morgan fingerprint density at radius 1 is 1.32 bits per heavy atom. The summed E-state index contributed by atoms with van der Waals surface area (Å²) in [6, 6.07) is 6.88. The van der Waals surface area contributed by atoms with Crippen LogP contribution < -0.4 is 5.73 Å². The Bertz CT molecular complexity index is 621. The first-order valence-electron chi connectivity index (χ1n) is 6.45. The zero-order chi connectivity index (χ0) is 13.5. The molecule has 0 radical (unpaired) electrons. The van der Waals surface area contributed by atoms with Crippen LogP contribution in [0.25, 0.3) is 11.3 Å². The van der Waals surface area contributed by atoms with Gasteiger partial charge >= 0.3 is 0 Å². The van der Waals surface area contributed by atoms with Crippen LogP contribution in [-0.4, -0.2) is 16.5 Å². The van der Waals surface area contributed by atoms with E-state index in [-0.39, 0.29) is 11.2 Å². The number of aromatic nitrogens is 2. The van der Waals surface area contributed by atoms with Crippen LogP contribution in [0.5, 0.6) is 0 Å². The molecule has 98 valence electrons. The number of nitrogens with two attached hydrogens (primary N) is 1. The monoisotopic (exact) mass is 257 g/mol. The summed E-state index contributed by atoms with van der Waals surface area (Å²) in [5.41, 5.74) is 8.14. The number of benzene rings is 1. The van der Waals surface area contributed by atoms with E-state index in [4.69, 9.17) is 5.73 Å². The van der Waals surface area contributed by atoms with Gasteiger partial charge in [-0.05, 0) is 49.6 Å². The van der Waals surface area contributed by atoms with E-state index >= 15 is 0 Å². The molecule has 1 aromatic carbocycles. The van der Waals surface area contributed by atoms with Crippen molar-refractivity contribution in [2.24, 2.45) is 5.73 Å². The number of hydrogen-bond acceptors (Lipinski definition) is 3. The van der Waals surface area contributed by atoms with Gasteiger partial charge in [-0.2, -0.15) is 0 Å². The molecule has 1 fully saturated rings. The van der Waals surface area contributed by atoms with E-state index in [0.29, 0.717) is 12.1 Å². The van der Waals surface area contributed by atoms with E-state index in [1.165, 1.54) is 6.07 Å². The molecular weight excluding hydrogens is 241 g/mol. The van der Waals surface area contributed by atoms with Crippen LogP contribution in [0.4, 0.5) is 4.39 Å². The lowest BCUT2D eigenvalue weighted by molar-refractivity contribution is 0.618. The highest BCUT2D eigenvalue weighted by Gasteiger charge is 2.45. The zero-order valence-corrected chi connectivity index (χ0v) is 10.9. The minimum atomic E-state index is -0.196. The van der Waals surface area contributed by atoms with Gasteiger partial charge in [-0.25, -0.2) is 14.4 Å². The highest BCUT2D eigenvalue weighted by molar-refractivity contribution is 5.60. The molecule has 0 saturated heterocycles. The second-order valence-corrected chi connectivity index (χ2v) is 5.21. The lowest BCUT2D eigenvalue weighted by Crippen LogP contribution is -2.22. The Morgan fingerprint density at radius 3 is 2.74 bits per heavy atom. The Balaban J connectivity index is 2.01. The molecule has 0 aliphatic heterocycles. The van der Waals surface area contributed by atoms with Crippen molar-refractivity contribution >= 4 is 0 Å². The van der Waals surface area contributed by atoms with Crippen LogP contribution in [0.3, 0.4) is 0 Å². The van der Waals surface area contributed by atoms with Crippen molar-refractivity contribution in [3.8, 4) is 11.3 Å². The fourth-order valence-corrected chi connectivity index (χ4v) is 2.25. The molecule has 19 heavy (non-hydrogen) atoms. The lowest BCUT2D eigenvalue weighted by atomic mass is 10.1. The van der Waals surface area contributed by atoms with Crippen molar-refractivity contribution in [3.05, 3.63) is 47.7 Å². The summed E-state index contributed by atoms with van der Waals surface area (Å²) in [6.07, 6.45) is 3.86. The third-order valence-corrected chi connectivity index (χ3v) is 3.83. The van der Waals surface area contributed by atoms with Gasteiger partial charge in [0, 0.05) is 23.7 Å². The van der Waals surface area contributed by atoms with E-state index in [1.54, 1.807) is 19.2 Å². The standard InChI is InChI=1S/C15H16FN3/c1-10-8-11(2-3-12(10)16)13-4-7-18-14(19-13)15(9-17)5-6-15/h2-4,7-8H,5-6,9,17H2,1H3. The summed E-state index contributed by atoms with van der Waals surface area (Å²) in [6.45, 7) is 2.34. The van der Waals surface area contributed by atoms with Crippen LogP contribution in [0.2, 0.25) is 0 Å². The van der Waals surface area contributed by atoms with Crippen molar-refractivity contribution in [2.75, 3.05) is 6.54 Å². The molecular formula is C15H16FN3. The molecule has 0 amide bonds. The summed E-state index contributed by atoms with van der Waals surface area (Å²) < 4.78 is 13.3. The predicted octanol–water partition coefficient (Wildman–Crippen LogP) is 2.58. The predicted molar refractivity (Wildman–Crippen MR) is 72.1 cm³/mol. The van der Waals surface area contributed by atoms with Gasteiger partial charge in [0.25, 0.3) is 0 Å². The molecule has 2 N–H and O–H groups in total. The summed E-state index contributed by atoms with van der Waals surface area (Å²) in [4.78, 5) is 8.95. The summed E-state index contributed by atoms with van der Waals surface area (Å²) in [5.74, 6) is 0.619. The van der Waals surface area contributed by atoms with Crippen LogP contribution in [-0.2, 0) is 5.41 Å². The Morgan fingerprint density at radius 2 is 2.11 bits per heavy atom. The van der Waals surface area contributed by atoms with Crippen molar-refractivity contribution < 1.29 is 4.39 Å². The zero-order valence-electron chi connectivity index (χ0n) is 10.9. The fraction of sp³-hybridized carbons (Fsp3) is 0.333. The number of rotatable bonds is 3. The molecule has 4 heteroatoms. The molecule has 3 rings (SSSR count). The van der Waals surface area contributed by atoms with Gasteiger partial charge in [-0.3, -0.25) is 0 Å². The highest BCUT2D eigenvalue weighted by Crippen LogP contribution is 2.45. The highest BCUT2D eigenvalue weighted by atomic mass is 19.1. The van der Waals surface area contributed by atoms with Gasteiger partial charge in [0.1, 0.15) is 11.6 Å². The fourth-order valence-electron chi connectivity index (χ4n) is 2.25.